The number of methoxy groups -OCH3 is 1. The number of amides is 1. The second kappa shape index (κ2) is 8.99. The van der Waals surface area contributed by atoms with Gasteiger partial charge in [0.05, 0.1) is 18.4 Å². The highest BCUT2D eigenvalue weighted by Crippen LogP contribution is 2.29. The highest BCUT2D eigenvalue weighted by Gasteiger charge is 2.16. The number of nitrogens with one attached hydrogen (secondary N) is 1. The maximum atomic E-state index is 12.7. The van der Waals surface area contributed by atoms with Gasteiger partial charge in [0.2, 0.25) is 5.91 Å². The molecule has 0 radical (unpaired) electrons. The Morgan fingerprint density at radius 1 is 1.09 bits per heavy atom. The number of hydrogen-bond acceptors (Lipinski definition) is 6. The van der Waals surface area contributed by atoms with Gasteiger partial charge in [0, 0.05) is 30.7 Å². The molecule has 3 aromatic carbocycles. The number of ether oxygens (including phenoxy) is 1. The van der Waals surface area contributed by atoms with Crippen LogP contribution in [0.4, 0.5) is 0 Å². The fourth-order valence-electron chi connectivity index (χ4n) is 3.72. The van der Waals surface area contributed by atoms with E-state index in [0.29, 0.717) is 17.7 Å². The topological polar surface area (TPSA) is 84.2 Å². The zero-order valence-corrected chi connectivity index (χ0v) is 19.1. The number of H-pyrrole nitrogens is 1. The Kier molecular flexibility index (Phi) is 5.75. The number of aromatic nitrogens is 3. The van der Waals surface area contributed by atoms with E-state index in [1.807, 2.05) is 60.8 Å². The summed E-state index contributed by atoms with van der Waals surface area (Å²) < 4.78 is 11.1. The zero-order chi connectivity index (χ0) is 22.8. The molecule has 1 N–H and O–H groups in total. The Bertz CT molecular complexity index is 1440. The molecule has 5 aromatic rings. The maximum absolute atomic E-state index is 12.7. The van der Waals surface area contributed by atoms with Gasteiger partial charge in [-0.15, -0.1) is 10.2 Å². The number of carbonyl (C=O) groups is 1. The third kappa shape index (κ3) is 4.42. The quantitative estimate of drug-likeness (QED) is 0.340. The Hall–Kier alpha value is -3.78. The van der Waals surface area contributed by atoms with Crippen molar-refractivity contribution < 1.29 is 13.9 Å². The van der Waals surface area contributed by atoms with Crippen molar-refractivity contribution in [3.63, 3.8) is 0 Å². The lowest BCUT2D eigenvalue weighted by Crippen LogP contribution is -2.27. The number of para-hydroxylation sites is 1. The summed E-state index contributed by atoms with van der Waals surface area (Å²) in [5.74, 6) is 1.47. The third-order valence-corrected chi connectivity index (χ3v) is 6.31. The van der Waals surface area contributed by atoms with Crippen LogP contribution in [-0.2, 0) is 11.3 Å². The first-order chi connectivity index (χ1) is 16.1. The van der Waals surface area contributed by atoms with Crippen molar-refractivity contribution in [1.82, 2.24) is 20.1 Å². The summed E-state index contributed by atoms with van der Waals surface area (Å²) in [4.78, 5) is 17.6. The molecular formula is C25H22N4O3S. The van der Waals surface area contributed by atoms with Gasteiger partial charge in [0.15, 0.2) is 0 Å². The molecule has 0 spiro atoms. The molecule has 5 rings (SSSR count). The van der Waals surface area contributed by atoms with E-state index >= 15 is 0 Å². The molecule has 0 unspecified atom stereocenters. The summed E-state index contributed by atoms with van der Waals surface area (Å²) >= 11 is 1.24. The SMILES string of the molecule is COc1ccc2cc(CN(C)C(=O)CSc3nnc(-c4c[nH]c5ccccc45)o3)ccc2c1. The van der Waals surface area contributed by atoms with Gasteiger partial charge in [0.1, 0.15) is 5.75 Å². The first-order valence-corrected chi connectivity index (χ1v) is 11.4. The third-order valence-electron chi connectivity index (χ3n) is 5.50. The smallest absolute Gasteiger partial charge is 0.277 e. The largest absolute Gasteiger partial charge is 0.497 e. The number of hydrogen-bond donors (Lipinski definition) is 1. The Morgan fingerprint density at radius 3 is 2.79 bits per heavy atom. The number of fused-ring (bicyclic) bond motifs is 2. The molecule has 0 fully saturated rings. The lowest BCUT2D eigenvalue weighted by molar-refractivity contribution is -0.127. The zero-order valence-electron chi connectivity index (χ0n) is 18.2. The molecule has 0 atom stereocenters. The molecule has 166 valence electrons. The van der Waals surface area contributed by atoms with Crippen LogP contribution < -0.4 is 4.74 Å². The molecule has 0 aliphatic rings. The van der Waals surface area contributed by atoms with Gasteiger partial charge >= 0.3 is 0 Å². The molecule has 0 saturated carbocycles. The van der Waals surface area contributed by atoms with Crippen LogP contribution in [0.25, 0.3) is 33.1 Å². The predicted octanol–water partition coefficient (Wildman–Crippen LogP) is 5.13. The van der Waals surface area contributed by atoms with E-state index in [0.717, 1.165) is 38.6 Å². The Morgan fingerprint density at radius 2 is 1.91 bits per heavy atom. The fraction of sp³-hybridized carbons (Fsp3) is 0.160. The monoisotopic (exact) mass is 458 g/mol. The molecular weight excluding hydrogens is 436 g/mol. The molecule has 2 heterocycles. The second-order valence-corrected chi connectivity index (χ2v) is 8.63. The van der Waals surface area contributed by atoms with E-state index in [1.165, 1.54) is 11.8 Å². The summed E-state index contributed by atoms with van der Waals surface area (Å²) in [5, 5.41) is 11.8. The fourth-order valence-corrected chi connectivity index (χ4v) is 4.42. The van der Waals surface area contributed by atoms with Gasteiger partial charge in [-0.1, -0.05) is 48.2 Å². The molecule has 0 aliphatic heterocycles. The minimum Gasteiger partial charge on any atom is -0.497 e. The maximum Gasteiger partial charge on any atom is 0.277 e. The van der Waals surface area contributed by atoms with Crippen LogP contribution >= 0.6 is 11.8 Å². The number of rotatable bonds is 7. The van der Waals surface area contributed by atoms with E-state index in [9.17, 15) is 4.79 Å². The van der Waals surface area contributed by atoms with Crippen LogP contribution in [0.5, 0.6) is 5.75 Å². The lowest BCUT2D eigenvalue weighted by atomic mass is 10.1. The molecule has 33 heavy (non-hydrogen) atoms. The van der Waals surface area contributed by atoms with Crippen molar-refractivity contribution in [2.45, 2.75) is 11.8 Å². The van der Waals surface area contributed by atoms with Crippen molar-refractivity contribution >= 4 is 39.3 Å². The number of aromatic amines is 1. The standard InChI is InChI=1S/C25H22N4O3S/c1-29(14-16-7-8-18-12-19(31-2)10-9-17(18)11-16)23(30)15-33-25-28-27-24(32-25)21-13-26-22-6-4-3-5-20(21)22/h3-13,26H,14-15H2,1-2H3. The van der Waals surface area contributed by atoms with Gasteiger partial charge < -0.3 is 19.0 Å². The summed E-state index contributed by atoms with van der Waals surface area (Å²) in [6.45, 7) is 0.520. The van der Waals surface area contributed by atoms with Gasteiger partial charge in [-0.2, -0.15) is 0 Å². The molecule has 2 aromatic heterocycles. The van der Waals surface area contributed by atoms with Crippen molar-refractivity contribution in [3.8, 4) is 17.2 Å². The Labute approximate surface area is 194 Å². The number of carbonyl (C=O) groups excluding carboxylic acids is 1. The minimum atomic E-state index is -0.0123. The van der Waals surface area contributed by atoms with Gasteiger partial charge in [0.25, 0.3) is 11.1 Å². The van der Waals surface area contributed by atoms with Gasteiger partial charge in [-0.05, 0) is 40.6 Å². The summed E-state index contributed by atoms with van der Waals surface area (Å²) in [6.07, 6.45) is 1.85. The van der Waals surface area contributed by atoms with Crippen molar-refractivity contribution in [3.05, 3.63) is 72.4 Å². The minimum absolute atomic E-state index is 0.0123. The first-order valence-electron chi connectivity index (χ1n) is 10.4. The molecule has 1 amide bonds. The summed E-state index contributed by atoms with van der Waals surface area (Å²) in [6, 6.07) is 20.1. The molecule has 7 nitrogen and oxygen atoms in total. The molecule has 0 aliphatic carbocycles. The van der Waals surface area contributed by atoms with Crippen molar-refractivity contribution in [2.75, 3.05) is 19.9 Å². The first kappa shape index (κ1) is 21.1. The highest BCUT2D eigenvalue weighted by molar-refractivity contribution is 7.99. The van der Waals surface area contributed by atoms with Crippen molar-refractivity contribution in [2.24, 2.45) is 0 Å². The van der Waals surface area contributed by atoms with Crippen LogP contribution in [0, 0.1) is 0 Å². The lowest BCUT2D eigenvalue weighted by Gasteiger charge is -2.17. The van der Waals surface area contributed by atoms with Crippen LogP contribution in [0.1, 0.15) is 5.56 Å². The van der Waals surface area contributed by atoms with Crippen LogP contribution in [0.2, 0.25) is 0 Å². The average Bonchev–Trinajstić information content (AvgIpc) is 3.49. The van der Waals surface area contributed by atoms with E-state index in [-0.39, 0.29) is 11.7 Å². The number of thioether (sulfide) groups is 1. The second-order valence-electron chi connectivity index (χ2n) is 7.71. The van der Waals surface area contributed by atoms with Crippen LogP contribution in [0.15, 0.2) is 76.5 Å². The van der Waals surface area contributed by atoms with Gasteiger partial charge in [-0.3, -0.25) is 4.79 Å². The Balaban J connectivity index is 1.21. The summed E-state index contributed by atoms with van der Waals surface area (Å²) in [7, 11) is 3.46. The van der Waals surface area contributed by atoms with E-state index in [4.69, 9.17) is 9.15 Å². The van der Waals surface area contributed by atoms with Crippen LogP contribution in [0.3, 0.4) is 0 Å². The predicted molar refractivity (Wildman–Crippen MR) is 129 cm³/mol. The molecule has 0 saturated heterocycles. The molecule has 0 bridgehead atoms. The molecule has 8 heteroatoms. The number of nitrogens with zero attached hydrogens (tertiary/aromatic N) is 3. The normalized spacial score (nSPS) is 11.2. The van der Waals surface area contributed by atoms with E-state index in [2.05, 4.69) is 21.2 Å². The van der Waals surface area contributed by atoms with Crippen molar-refractivity contribution in [1.29, 1.82) is 0 Å². The van der Waals surface area contributed by atoms with E-state index in [1.54, 1.807) is 19.1 Å². The van der Waals surface area contributed by atoms with E-state index < -0.39 is 0 Å². The average molecular weight is 459 g/mol. The van der Waals surface area contributed by atoms with Crippen LogP contribution in [-0.4, -0.2) is 45.9 Å². The summed E-state index contributed by atoms with van der Waals surface area (Å²) in [5.41, 5.74) is 2.92. The highest BCUT2D eigenvalue weighted by atomic mass is 32.2. The van der Waals surface area contributed by atoms with Gasteiger partial charge in [-0.25, -0.2) is 0 Å². The number of benzene rings is 3.